The molecule has 0 bridgehead atoms. The van der Waals surface area contributed by atoms with Gasteiger partial charge in [-0.25, -0.2) is 4.98 Å². The van der Waals surface area contributed by atoms with Crippen LogP contribution < -0.4 is 5.32 Å². The molecule has 0 aliphatic carbocycles. The van der Waals surface area contributed by atoms with E-state index in [1.807, 2.05) is 6.92 Å². The molecule has 1 aromatic rings. The molecule has 0 aromatic carbocycles. The third kappa shape index (κ3) is 3.76. The van der Waals surface area contributed by atoms with E-state index >= 15 is 0 Å². The lowest BCUT2D eigenvalue weighted by Crippen LogP contribution is -2.51. The standard InChI is InChI=1S/C13H24N2OS/c1-6-13(4,16-5)11(14-7-2)8-12-15-10(3)9-17-12/h9,11,14H,6-8H2,1-5H3. The lowest BCUT2D eigenvalue weighted by molar-refractivity contribution is -0.0283. The van der Waals surface area contributed by atoms with Crippen molar-refractivity contribution in [2.45, 2.75) is 52.2 Å². The first kappa shape index (κ1) is 14.6. The van der Waals surface area contributed by atoms with Crippen molar-refractivity contribution in [1.29, 1.82) is 0 Å². The Morgan fingerprint density at radius 1 is 1.53 bits per heavy atom. The molecular weight excluding hydrogens is 232 g/mol. The molecule has 2 unspecified atom stereocenters. The van der Waals surface area contributed by atoms with E-state index in [2.05, 4.69) is 36.5 Å². The molecule has 0 saturated heterocycles. The Hall–Kier alpha value is -0.450. The van der Waals surface area contributed by atoms with Crippen LogP contribution in [0.3, 0.4) is 0 Å². The van der Waals surface area contributed by atoms with Gasteiger partial charge < -0.3 is 10.1 Å². The number of nitrogens with one attached hydrogen (secondary N) is 1. The number of hydrogen-bond acceptors (Lipinski definition) is 4. The van der Waals surface area contributed by atoms with E-state index in [4.69, 9.17) is 4.74 Å². The third-order valence-corrected chi connectivity index (χ3v) is 4.39. The fourth-order valence-corrected chi connectivity index (χ4v) is 2.77. The minimum atomic E-state index is -0.129. The maximum Gasteiger partial charge on any atom is 0.0944 e. The number of methoxy groups -OCH3 is 1. The molecule has 3 nitrogen and oxygen atoms in total. The predicted molar refractivity (Wildman–Crippen MR) is 73.7 cm³/mol. The second-order valence-electron chi connectivity index (χ2n) is 4.57. The summed E-state index contributed by atoms with van der Waals surface area (Å²) in [6.07, 6.45) is 1.93. The monoisotopic (exact) mass is 256 g/mol. The Morgan fingerprint density at radius 2 is 2.24 bits per heavy atom. The van der Waals surface area contributed by atoms with Gasteiger partial charge in [0.05, 0.1) is 10.6 Å². The van der Waals surface area contributed by atoms with E-state index in [1.54, 1.807) is 18.4 Å². The highest BCUT2D eigenvalue weighted by Crippen LogP contribution is 2.23. The Kier molecular flexibility index (Phi) is 5.56. The summed E-state index contributed by atoms with van der Waals surface area (Å²) in [7, 11) is 1.79. The minimum Gasteiger partial charge on any atom is -0.377 e. The van der Waals surface area contributed by atoms with E-state index in [0.717, 1.165) is 25.1 Å². The SMILES string of the molecule is CCNC(Cc1nc(C)cs1)C(C)(CC)OC. The average molecular weight is 256 g/mol. The quantitative estimate of drug-likeness (QED) is 0.814. The van der Waals surface area contributed by atoms with Crippen LogP contribution in [0, 0.1) is 6.92 Å². The molecule has 0 saturated carbocycles. The van der Waals surface area contributed by atoms with Gasteiger partial charge >= 0.3 is 0 Å². The maximum absolute atomic E-state index is 5.70. The number of aromatic nitrogens is 1. The molecule has 17 heavy (non-hydrogen) atoms. The summed E-state index contributed by atoms with van der Waals surface area (Å²) in [5.41, 5.74) is 0.978. The van der Waals surface area contributed by atoms with Crippen LogP contribution in [-0.2, 0) is 11.2 Å². The van der Waals surface area contributed by atoms with E-state index in [1.165, 1.54) is 5.01 Å². The van der Waals surface area contributed by atoms with Gasteiger partial charge in [0.1, 0.15) is 0 Å². The van der Waals surface area contributed by atoms with Gasteiger partial charge in [-0.2, -0.15) is 0 Å². The number of likely N-dealkylation sites (N-methyl/N-ethyl adjacent to an activating group) is 1. The highest BCUT2D eigenvalue weighted by molar-refractivity contribution is 7.09. The Labute approximate surface area is 109 Å². The van der Waals surface area contributed by atoms with Crippen LogP contribution in [-0.4, -0.2) is 30.3 Å². The van der Waals surface area contributed by atoms with Crippen molar-refractivity contribution in [3.63, 3.8) is 0 Å². The second kappa shape index (κ2) is 6.47. The van der Waals surface area contributed by atoms with Gasteiger partial charge in [-0.3, -0.25) is 0 Å². The van der Waals surface area contributed by atoms with Crippen molar-refractivity contribution in [2.75, 3.05) is 13.7 Å². The zero-order valence-corrected chi connectivity index (χ0v) is 12.4. The lowest BCUT2D eigenvalue weighted by Gasteiger charge is -2.36. The highest BCUT2D eigenvalue weighted by atomic mass is 32.1. The number of rotatable bonds is 7. The molecule has 1 N–H and O–H groups in total. The molecule has 0 aliphatic rings. The zero-order chi connectivity index (χ0) is 12.9. The number of nitrogens with zero attached hydrogens (tertiary/aromatic N) is 1. The van der Waals surface area contributed by atoms with Crippen molar-refractivity contribution in [1.82, 2.24) is 10.3 Å². The first-order valence-corrected chi connectivity index (χ1v) is 7.13. The average Bonchev–Trinajstić information content (AvgIpc) is 2.73. The number of hydrogen-bond donors (Lipinski definition) is 1. The summed E-state index contributed by atoms with van der Waals surface area (Å²) in [5.74, 6) is 0. The Balaban J connectivity index is 2.78. The molecule has 4 heteroatoms. The predicted octanol–water partition coefficient (Wildman–Crippen LogP) is 2.79. The molecule has 0 spiro atoms. The van der Waals surface area contributed by atoms with Gasteiger partial charge in [0.2, 0.25) is 0 Å². The number of ether oxygens (including phenoxy) is 1. The van der Waals surface area contributed by atoms with Crippen LogP contribution in [0.15, 0.2) is 5.38 Å². The summed E-state index contributed by atoms with van der Waals surface area (Å²) in [6.45, 7) is 9.46. The van der Waals surface area contributed by atoms with Gasteiger partial charge in [-0.1, -0.05) is 13.8 Å². The normalized spacial score (nSPS) is 16.8. The van der Waals surface area contributed by atoms with E-state index in [9.17, 15) is 0 Å². The van der Waals surface area contributed by atoms with E-state index in [-0.39, 0.29) is 5.60 Å². The smallest absolute Gasteiger partial charge is 0.0944 e. The molecule has 0 aliphatic heterocycles. The van der Waals surface area contributed by atoms with Crippen molar-refractivity contribution >= 4 is 11.3 Å². The Morgan fingerprint density at radius 3 is 2.65 bits per heavy atom. The second-order valence-corrected chi connectivity index (χ2v) is 5.51. The van der Waals surface area contributed by atoms with Crippen molar-refractivity contribution in [3.05, 3.63) is 16.1 Å². The zero-order valence-electron chi connectivity index (χ0n) is 11.5. The van der Waals surface area contributed by atoms with Crippen LogP contribution in [0.4, 0.5) is 0 Å². The van der Waals surface area contributed by atoms with Gasteiger partial charge in [-0.15, -0.1) is 11.3 Å². The lowest BCUT2D eigenvalue weighted by atomic mass is 9.91. The van der Waals surface area contributed by atoms with Crippen LogP contribution in [0.2, 0.25) is 0 Å². The summed E-state index contributed by atoms with van der Waals surface area (Å²) in [4.78, 5) is 4.54. The van der Waals surface area contributed by atoms with Crippen LogP contribution in [0.25, 0.3) is 0 Å². The van der Waals surface area contributed by atoms with Gasteiger partial charge in [0, 0.05) is 30.6 Å². The molecule has 0 radical (unpaired) electrons. The van der Waals surface area contributed by atoms with Crippen molar-refractivity contribution < 1.29 is 4.74 Å². The fraction of sp³-hybridized carbons (Fsp3) is 0.769. The maximum atomic E-state index is 5.70. The molecular formula is C13H24N2OS. The number of aryl methyl sites for hydroxylation is 1. The largest absolute Gasteiger partial charge is 0.377 e. The topological polar surface area (TPSA) is 34.2 Å². The number of thiazole rings is 1. The van der Waals surface area contributed by atoms with Gasteiger partial charge in [-0.05, 0) is 26.8 Å². The first-order valence-electron chi connectivity index (χ1n) is 6.25. The summed E-state index contributed by atoms with van der Waals surface area (Å²) in [5, 5.41) is 6.82. The van der Waals surface area contributed by atoms with Gasteiger partial charge in [0.15, 0.2) is 0 Å². The first-order chi connectivity index (χ1) is 8.05. The molecule has 0 fully saturated rings. The Bertz CT molecular complexity index is 334. The summed E-state index contributed by atoms with van der Waals surface area (Å²) in [6, 6.07) is 0.313. The summed E-state index contributed by atoms with van der Waals surface area (Å²) < 4.78 is 5.70. The molecule has 2 atom stereocenters. The third-order valence-electron chi connectivity index (χ3n) is 3.40. The van der Waals surface area contributed by atoms with Gasteiger partial charge in [0.25, 0.3) is 0 Å². The van der Waals surface area contributed by atoms with Crippen molar-refractivity contribution in [3.8, 4) is 0 Å². The van der Waals surface area contributed by atoms with Crippen LogP contribution in [0.1, 0.15) is 37.9 Å². The molecule has 98 valence electrons. The minimum absolute atomic E-state index is 0.129. The molecule has 0 amide bonds. The molecule has 1 heterocycles. The highest BCUT2D eigenvalue weighted by Gasteiger charge is 2.32. The summed E-state index contributed by atoms with van der Waals surface area (Å²) >= 11 is 1.73. The van der Waals surface area contributed by atoms with Crippen LogP contribution >= 0.6 is 11.3 Å². The van der Waals surface area contributed by atoms with E-state index < -0.39 is 0 Å². The fourth-order valence-electron chi connectivity index (χ4n) is 1.95. The molecule has 1 aromatic heterocycles. The van der Waals surface area contributed by atoms with Crippen molar-refractivity contribution in [2.24, 2.45) is 0 Å². The molecule has 1 rings (SSSR count). The van der Waals surface area contributed by atoms with E-state index in [0.29, 0.717) is 6.04 Å². The van der Waals surface area contributed by atoms with Crippen LogP contribution in [0.5, 0.6) is 0 Å².